The fourth-order valence-corrected chi connectivity index (χ4v) is 2.97. The summed E-state index contributed by atoms with van der Waals surface area (Å²) in [6, 6.07) is 5.92. The number of anilines is 1. The molecule has 25 heavy (non-hydrogen) atoms. The lowest BCUT2D eigenvalue weighted by molar-refractivity contribution is -0.868. The Bertz CT molecular complexity index is 711. The summed E-state index contributed by atoms with van der Waals surface area (Å²) in [6.45, 7) is 7.08. The van der Waals surface area contributed by atoms with Gasteiger partial charge in [-0.1, -0.05) is 11.6 Å². The van der Waals surface area contributed by atoms with Crippen LogP contribution in [-0.2, 0) is 0 Å². The van der Waals surface area contributed by atoms with Crippen molar-refractivity contribution in [2.24, 2.45) is 10.2 Å². The third-order valence-corrected chi connectivity index (χ3v) is 4.71. The first-order valence-corrected chi connectivity index (χ1v) is 9.23. The Hall–Kier alpha value is -1.02. The van der Waals surface area contributed by atoms with E-state index < -0.39 is 0 Å². The van der Waals surface area contributed by atoms with Crippen molar-refractivity contribution >= 4 is 39.4 Å². The van der Waals surface area contributed by atoms with Crippen molar-refractivity contribution in [3.05, 3.63) is 34.3 Å². The minimum absolute atomic E-state index is 0. The van der Waals surface area contributed by atoms with E-state index in [1.807, 2.05) is 30.5 Å². The molecule has 0 N–H and O–H groups in total. The number of hydrogen-bond donors (Lipinski definition) is 0. The van der Waals surface area contributed by atoms with Crippen molar-refractivity contribution < 1.29 is 21.5 Å². The Morgan fingerprint density at radius 2 is 1.96 bits per heavy atom. The van der Waals surface area contributed by atoms with Gasteiger partial charge in [0.05, 0.1) is 44.9 Å². The zero-order valence-electron chi connectivity index (χ0n) is 15.3. The predicted molar refractivity (Wildman–Crippen MR) is 103 cm³/mol. The van der Waals surface area contributed by atoms with E-state index >= 15 is 0 Å². The van der Waals surface area contributed by atoms with Crippen LogP contribution < -0.4 is 21.9 Å². The highest BCUT2D eigenvalue weighted by molar-refractivity contribution is 7.13. The van der Waals surface area contributed by atoms with Gasteiger partial charge in [0.15, 0.2) is 0 Å². The summed E-state index contributed by atoms with van der Waals surface area (Å²) in [7, 11) is 6.60. The van der Waals surface area contributed by atoms with E-state index in [1.54, 1.807) is 0 Å². The van der Waals surface area contributed by atoms with Gasteiger partial charge in [0.25, 0.3) is 0 Å². The Kier molecular flexibility index (Phi) is 8.47. The number of aromatic nitrogens is 1. The van der Waals surface area contributed by atoms with Gasteiger partial charge in [0.1, 0.15) is 5.69 Å². The highest BCUT2D eigenvalue weighted by atomic mass is 79.9. The van der Waals surface area contributed by atoms with Crippen LogP contribution in [0, 0.1) is 6.92 Å². The van der Waals surface area contributed by atoms with Crippen LogP contribution in [0.3, 0.4) is 0 Å². The maximum absolute atomic E-state index is 6.39. The maximum Gasteiger partial charge on any atom is 0.230 e. The van der Waals surface area contributed by atoms with E-state index in [2.05, 4.69) is 48.2 Å². The zero-order chi connectivity index (χ0) is 17.7. The van der Waals surface area contributed by atoms with Crippen molar-refractivity contribution in [3.63, 3.8) is 0 Å². The van der Waals surface area contributed by atoms with Gasteiger partial charge in [-0.15, -0.1) is 21.6 Å². The summed E-state index contributed by atoms with van der Waals surface area (Å²) >= 11 is 7.86. The Balaban J connectivity index is 0.00000312. The van der Waals surface area contributed by atoms with Crippen LogP contribution in [-0.4, -0.2) is 50.2 Å². The fourth-order valence-electron chi connectivity index (χ4n) is 2.15. The van der Waals surface area contributed by atoms with Crippen molar-refractivity contribution in [3.8, 4) is 0 Å². The van der Waals surface area contributed by atoms with Crippen molar-refractivity contribution in [2.45, 2.75) is 13.8 Å². The number of azo groups is 1. The quantitative estimate of drug-likeness (QED) is 0.482. The van der Waals surface area contributed by atoms with Crippen LogP contribution in [0.5, 0.6) is 0 Å². The molecule has 5 nitrogen and oxygen atoms in total. The molecule has 0 aliphatic heterocycles. The summed E-state index contributed by atoms with van der Waals surface area (Å²) in [5, 5.41) is 11.6. The van der Waals surface area contributed by atoms with Crippen molar-refractivity contribution in [2.75, 3.05) is 45.7 Å². The fraction of sp³-hybridized carbons (Fsp3) is 0.471. The topological polar surface area (TPSA) is 40.9 Å². The van der Waals surface area contributed by atoms with Gasteiger partial charge < -0.3 is 26.4 Å². The van der Waals surface area contributed by atoms with E-state index in [4.69, 9.17) is 11.6 Å². The molecule has 1 aromatic carbocycles. The molecule has 0 unspecified atom stereocenters. The van der Waals surface area contributed by atoms with Crippen LogP contribution in [0.2, 0.25) is 5.02 Å². The molecule has 8 heteroatoms. The number of benzene rings is 1. The van der Waals surface area contributed by atoms with Gasteiger partial charge in [0, 0.05) is 17.6 Å². The molecular weight excluding hydrogens is 422 g/mol. The van der Waals surface area contributed by atoms with Gasteiger partial charge in [0.2, 0.25) is 5.13 Å². The molecule has 1 aromatic heterocycles. The van der Waals surface area contributed by atoms with Crippen molar-refractivity contribution in [1.82, 2.24) is 4.98 Å². The lowest BCUT2D eigenvalue weighted by atomic mass is 10.2. The molecule has 2 aromatic rings. The summed E-state index contributed by atoms with van der Waals surface area (Å²) in [5.74, 6) is 0. The standard InChI is InChI=1S/C17H25ClN5S.BrH/c1-6-22(9-10-23(3,4)5)14-7-8-16(15(18)11-14)20-21-17-19-13(2)12-24-17;/h7-8,11-12H,6,9-10H2,1-5H3;1H/q+1;/p-1/b21-20+;. The molecular formula is C17H25BrClN5S. The zero-order valence-corrected chi connectivity index (χ0v) is 18.5. The molecule has 0 saturated heterocycles. The van der Waals surface area contributed by atoms with Crippen LogP contribution in [0.15, 0.2) is 33.8 Å². The van der Waals surface area contributed by atoms with E-state index in [1.165, 1.54) is 11.3 Å². The van der Waals surface area contributed by atoms with Crippen LogP contribution >= 0.6 is 22.9 Å². The summed E-state index contributed by atoms with van der Waals surface area (Å²) in [6.07, 6.45) is 0. The first-order chi connectivity index (χ1) is 11.3. The van der Waals surface area contributed by atoms with Gasteiger partial charge in [-0.25, -0.2) is 4.98 Å². The Labute approximate surface area is 169 Å². The largest absolute Gasteiger partial charge is 1.00 e. The van der Waals surface area contributed by atoms with Gasteiger partial charge in [-0.3, -0.25) is 0 Å². The molecule has 0 fully saturated rings. The average Bonchev–Trinajstić information content (AvgIpc) is 2.91. The molecule has 138 valence electrons. The lowest BCUT2D eigenvalue weighted by Gasteiger charge is -2.29. The smallest absolute Gasteiger partial charge is 0.230 e. The second kappa shape index (κ2) is 9.62. The first kappa shape index (κ1) is 22.0. The highest BCUT2D eigenvalue weighted by Gasteiger charge is 2.12. The Morgan fingerprint density at radius 1 is 1.24 bits per heavy atom. The minimum atomic E-state index is 0. The second-order valence-corrected chi connectivity index (χ2v) is 7.94. The molecule has 0 spiro atoms. The molecule has 0 radical (unpaired) electrons. The number of aryl methyl sites for hydroxylation is 1. The number of halogens is 2. The summed E-state index contributed by atoms with van der Waals surface area (Å²) < 4.78 is 0.934. The predicted octanol–water partition coefficient (Wildman–Crippen LogP) is 2.06. The minimum Gasteiger partial charge on any atom is -1.00 e. The number of rotatable bonds is 7. The van der Waals surface area contributed by atoms with Crippen LogP contribution in [0.25, 0.3) is 0 Å². The van der Waals surface area contributed by atoms with E-state index in [0.29, 0.717) is 15.8 Å². The van der Waals surface area contributed by atoms with Crippen molar-refractivity contribution in [1.29, 1.82) is 0 Å². The monoisotopic (exact) mass is 445 g/mol. The number of quaternary nitrogens is 1. The van der Waals surface area contributed by atoms with Crippen LogP contribution in [0.1, 0.15) is 12.6 Å². The van der Waals surface area contributed by atoms with Crippen LogP contribution in [0.4, 0.5) is 16.5 Å². The molecule has 0 aliphatic rings. The van der Waals surface area contributed by atoms with E-state index in [0.717, 1.165) is 35.5 Å². The number of thiazole rings is 1. The average molecular weight is 447 g/mol. The van der Waals surface area contributed by atoms with Gasteiger partial charge in [-0.05, 0) is 32.0 Å². The third-order valence-electron chi connectivity index (χ3n) is 3.57. The maximum atomic E-state index is 6.39. The Morgan fingerprint density at radius 3 is 2.48 bits per heavy atom. The number of hydrogen-bond acceptors (Lipinski definition) is 5. The normalized spacial score (nSPS) is 11.6. The molecule has 0 aliphatic carbocycles. The summed E-state index contributed by atoms with van der Waals surface area (Å²) in [5.41, 5.74) is 2.72. The molecule has 0 atom stereocenters. The molecule has 0 amide bonds. The first-order valence-electron chi connectivity index (χ1n) is 7.97. The van der Waals surface area contributed by atoms with Gasteiger partial charge >= 0.3 is 0 Å². The number of nitrogens with zero attached hydrogens (tertiary/aromatic N) is 5. The van der Waals surface area contributed by atoms with E-state index in [-0.39, 0.29) is 17.0 Å². The second-order valence-electron chi connectivity index (χ2n) is 6.70. The molecule has 2 rings (SSSR count). The summed E-state index contributed by atoms with van der Waals surface area (Å²) in [4.78, 5) is 6.59. The SMILES string of the molecule is CCN(CC[N+](C)(C)C)c1ccc(/N=N/c2nc(C)cs2)c(Cl)c1.[Br-]. The van der Waals surface area contributed by atoms with Gasteiger partial charge in [-0.2, -0.15) is 0 Å². The lowest BCUT2D eigenvalue weighted by Crippen LogP contribution is -3.00. The molecule has 0 bridgehead atoms. The molecule has 1 heterocycles. The molecule has 0 saturated carbocycles. The van der Waals surface area contributed by atoms with E-state index in [9.17, 15) is 0 Å². The number of likely N-dealkylation sites (N-methyl/N-ethyl adjacent to an activating group) is 2. The highest BCUT2D eigenvalue weighted by Crippen LogP contribution is 2.31. The third kappa shape index (κ3) is 7.01.